The summed E-state index contributed by atoms with van der Waals surface area (Å²) in [5, 5.41) is 0. The largest absolute Gasteiger partial charge is 0.465 e. The van der Waals surface area contributed by atoms with E-state index in [4.69, 9.17) is 4.74 Å². The topological polar surface area (TPSA) is 61.3 Å². The number of rotatable bonds is 16. The van der Waals surface area contributed by atoms with Crippen LogP contribution in [0.1, 0.15) is 125 Å². The Hall–Kier alpha value is -0.570. The van der Waals surface area contributed by atoms with Crippen LogP contribution >= 0.6 is 0 Å². The minimum Gasteiger partial charge on any atom is -0.465 e. The fourth-order valence-corrected chi connectivity index (χ4v) is 2.98. The molecule has 0 aliphatic carbocycles. The smallest absolute Gasteiger partial charge is 0.311 e. The second kappa shape index (κ2) is 17.8. The van der Waals surface area contributed by atoms with E-state index in [0.717, 1.165) is 12.3 Å². The molecule has 3 heteroatoms. The normalized spacial score (nSPS) is 11.5. The van der Waals surface area contributed by atoms with Crippen LogP contribution in [0.2, 0.25) is 0 Å². The molecule has 3 nitrogen and oxygen atoms in total. The Balaban J connectivity index is 0. The number of hydrogen-bond acceptors (Lipinski definition) is 3. The van der Waals surface area contributed by atoms with Gasteiger partial charge in [-0.25, -0.2) is 0 Å². The molecule has 0 spiro atoms. The molecule has 158 valence electrons. The average molecular weight is 372 g/mol. The van der Waals surface area contributed by atoms with Crippen molar-refractivity contribution in [3.63, 3.8) is 0 Å². The van der Waals surface area contributed by atoms with E-state index in [1.807, 2.05) is 20.8 Å². The Morgan fingerprint density at radius 2 is 1.04 bits per heavy atom. The SMILES string of the molecule is CC(C)CCCCCCCCCCCCCCCOC(=O)C(C)(C)C.N. The highest BCUT2D eigenvalue weighted by molar-refractivity contribution is 5.75. The predicted molar refractivity (Wildman–Crippen MR) is 115 cm³/mol. The molecule has 26 heavy (non-hydrogen) atoms. The van der Waals surface area contributed by atoms with E-state index < -0.39 is 0 Å². The van der Waals surface area contributed by atoms with Gasteiger partial charge in [0.2, 0.25) is 0 Å². The molecule has 0 saturated heterocycles. The third-order valence-corrected chi connectivity index (χ3v) is 4.77. The number of unbranched alkanes of at least 4 members (excludes halogenated alkanes) is 12. The van der Waals surface area contributed by atoms with Crippen molar-refractivity contribution in [3.05, 3.63) is 0 Å². The van der Waals surface area contributed by atoms with Gasteiger partial charge in [0.05, 0.1) is 12.0 Å². The van der Waals surface area contributed by atoms with Crippen LogP contribution in [0.3, 0.4) is 0 Å². The summed E-state index contributed by atoms with van der Waals surface area (Å²) < 4.78 is 5.29. The molecule has 3 N–H and O–H groups in total. The first-order valence-corrected chi connectivity index (χ1v) is 11.0. The van der Waals surface area contributed by atoms with Crippen molar-refractivity contribution in [3.8, 4) is 0 Å². The Bertz CT molecular complexity index is 308. The van der Waals surface area contributed by atoms with Gasteiger partial charge in [0.15, 0.2) is 0 Å². The lowest BCUT2D eigenvalue weighted by molar-refractivity contribution is -0.153. The van der Waals surface area contributed by atoms with Crippen molar-refractivity contribution in [2.24, 2.45) is 11.3 Å². The molecular formula is C23H49NO2. The molecule has 0 aromatic carbocycles. The summed E-state index contributed by atoms with van der Waals surface area (Å²) in [5.74, 6) is 0.797. The molecule has 0 aliphatic rings. The molecule has 0 rings (SSSR count). The maximum Gasteiger partial charge on any atom is 0.311 e. The highest BCUT2D eigenvalue weighted by atomic mass is 16.5. The van der Waals surface area contributed by atoms with Crippen LogP contribution in [0.25, 0.3) is 0 Å². The molecule has 0 amide bonds. The fourth-order valence-electron chi connectivity index (χ4n) is 2.98. The van der Waals surface area contributed by atoms with E-state index in [2.05, 4.69) is 13.8 Å². The van der Waals surface area contributed by atoms with Gasteiger partial charge in [-0.3, -0.25) is 4.79 Å². The Morgan fingerprint density at radius 1 is 0.692 bits per heavy atom. The molecule has 0 aromatic heterocycles. The minimum atomic E-state index is -0.367. The summed E-state index contributed by atoms with van der Waals surface area (Å²) in [6.07, 6.45) is 19.0. The zero-order chi connectivity index (χ0) is 19.0. The average Bonchev–Trinajstić information content (AvgIpc) is 2.53. The molecule has 0 atom stereocenters. The molecule has 0 aliphatic heterocycles. The van der Waals surface area contributed by atoms with Crippen LogP contribution in [0.4, 0.5) is 0 Å². The molecule has 0 radical (unpaired) electrons. The first-order chi connectivity index (χ1) is 11.8. The van der Waals surface area contributed by atoms with Gasteiger partial charge in [-0.05, 0) is 33.1 Å². The van der Waals surface area contributed by atoms with Crippen molar-refractivity contribution in [1.29, 1.82) is 0 Å². The molecular weight excluding hydrogens is 322 g/mol. The first kappa shape index (κ1) is 27.6. The van der Waals surface area contributed by atoms with Crippen LogP contribution < -0.4 is 6.15 Å². The van der Waals surface area contributed by atoms with E-state index in [0.29, 0.717) is 6.61 Å². The summed E-state index contributed by atoms with van der Waals surface area (Å²) in [7, 11) is 0. The first-order valence-electron chi connectivity index (χ1n) is 11.0. The maximum absolute atomic E-state index is 11.6. The third-order valence-electron chi connectivity index (χ3n) is 4.77. The van der Waals surface area contributed by atoms with E-state index in [-0.39, 0.29) is 17.5 Å². The molecule has 0 fully saturated rings. The lowest BCUT2D eigenvalue weighted by Gasteiger charge is -2.16. The minimum absolute atomic E-state index is 0. The Morgan fingerprint density at radius 3 is 1.38 bits per heavy atom. The molecule has 0 aromatic rings. The number of esters is 1. The molecule has 0 saturated carbocycles. The predicted octanol–water partition coefficient (Wildman–Crippen LogP) is 7.86. The standard InChI is InChI=1S/C23H46O2.H3N/c1-21(2)19-17-15-13-11-9-7-6-8-10-12-14-16-18-20-25-22(24)23(3,4)5;/h21H,6-20H2,1-5H3;1H3. The maximum atomic E-state index is 11.6. The van der Waals surface area contributed by atoms with E-state index in [9.17, 15) is 4.79 Å². The van der Waals surface area contributed by atoms with Gasteiger partial charge < -0.3 is 10.9 Å². The summed E-state index contributed by atoms with van der Waals surface area (Å²) in [6.45, 7) is 10.9. The van der Waals surface area contributed by atoms with Crippen molar-refractivity contribution in [2.75, 3.05) is 6.61 Å². The van der Waals surface area contributed by atoms with Gasteiger partial charge in [0, 0.05) is 0 Å². The molecule has 0 heterocycles. The Kier molecular flexibility index (Phi) is 19.0. The van der Waals surface area contributed by atoms with E-state index in [1.165, 1.54) is 83.5 Å². The third kappa shape index (κ3) is 19.8. The van der Waals surface area contributed by atoms with Gasteiger partial charge in [-0.2, -0.15) is 0 Å². The van der Waals surface area contributed by atoms with Gasteiger partial charge >= 0.3 is 5.97 Å². The molecule has 0 bridgehead atoms. The Labute approximate surface area is 164 Å². The lowest BCUT2D eigenvalue weighted by atomic mass is 9.97. The summed E-state index contributed by atoms with van der Waals surface area (Å²) >= 11 is 0. The number of ether oxygens (including phenoxy) is 1. The van der Waals surface area contributed by atoms with Gasteiger partial charge in [-0.15, -0.1) is 0 Å². The number of hydrogen-bond donors (Lipinski definition) is 1. The van der Waals surface area contributed by atoms with Crippen molar-refractivity contribution in [1.82, 2.24) is 6.15 Å². The monoisotopic (exact) mass is 371 g/mol. The van der Waals surface area contributed by atoms with Gasteiger partial charge in [0.25, 0.3) is 0 Å². The zero-order valence-electron chi connectivity index (χ0n) is 18.7. The van der Waals surface area contributed by atoms with Crippen LogP contribution in [-0.4, -0.2) is 12.6 Å². The van der Waals surface area contributed by atoms with Crippen molar-refractivity contribution >= 4 is 5.97 Å². The summed E-state index contributed by atoms with van der Waals surface area (Å²) in [6, 6.07) is 0. The van der Waals surface area contributed by atoms with Gasteiger partial charge in [-0.1, -0.05) is 97.3 Å². The zero-order valence-corrected chi connectivity index (χ0v) is 18.7. The van der Waals surface area contributed by atoms with Crippen LogP contribution in [-0.2, 0) is 9.53 Å². The van der Waals surface area contributed by atoms with Crippen LogP contribution in [0, 0.1) is 11.3 Å². The fraction of sp³-hybridized carbons (Fsp3) is 0.957. The molecule has 0 unspecified atom stereocenters. The highest BCUT2D eigenvalue weighted by Crippen LogP contribution is 2.16. The highest BCUT2D eigenvalue weighted by Gasteiger charge is 2.22. The lowest BCUT2D eigenvalue weighted by Crippen LogP contribution is -2.23. The second-order valence-electron chi connectivity index (χ2n) is 9.16. The second-order valence-corrected chi connectivity index (χ2v) is 9.16. The number of carbonyl (C=O) groups is 1. The summed E-state index contributed by atoms with van der Waals surface area (Å²) in [5.41, 5.74) is -0.367. The summed E-state index contributed by atoms with van der Waals surface area (Å²) in [4.78, 5) is 11.6. The van der Waals surface area contributed by atoms with E-state index >= 15 is 0 Å². The van der Waals surface area contributed by atoms with Crippen molar-refractivity contribution in [2.45, 2.75) is 125 Å². The van der Waals surface area contributed by atoms with Crippen molar-refractivity contribution < 1.29 is 9.53 Å². The quantitative estimate of drug-likeness (QED) is 0.222. The van der Waals surface area contributed by atoms with Crippen LogP contribution in [0.15, 0.2) is 0 Å². The van der Waals surface area contributed by atoms with Gasteiger partial charge in [0.1, 0.15) is 0 Å². The van der Waals surface area contributed by atoms with E-state index in [1.54, 1.807) is 0 Å². The number of carbonyl (C=O) groups excluding carboxylic acids is 1. The van der Waals surface area contributed by atoms with Crippen LogP contribution in [0.5, 0.6) is 0 Å².